The zero-order valence-corrected chi connectivity index (χ0v) is 11.7. The van der Waals surface area contributed by atoms with Crippen LogP contribution in [0.15, 0.2) is 40.3 Å². The third-order valence-electron chi connectivity index (χ3n) is 3.30. The topological polar surface area (TPSA) is 58.7 Å². The maximum Gasteiger partial charge on any atom is 0.272 e. The average molecular weight is 283 g/mol. The summed E-state index contributed by atoms with van der Waals surface area (Å²) in [6, 6.07) is 11.5. The molecule has 0 N–H and O–H groups in total. The van der Waals surface area contributed by atoms with Gasteiger partial charge in [0.15, 0.2) is 5.16 Å². The van der Waals surface area contributed by atoms with Crippen LogP contribution in [0.1, 0.15) is 18.4 Å². The highest BCUT2D eigenvalue weighted by atomic mass is 32.2. The van der Waals surface area contributed by atoms with Crippen LogP contribution < -0.4 is 5.56 Å². The van der Waals surface area contributed by atoms with Crippen molar-refractivity contribution in [3.63, 3.8) is 0 Å². The van der Waals surface area contributed by atoms with E-state index >= 15 is 0 Å². The first-order valence-electron chi connectivity index (χ1n) is 6.54. The zero-order valence-electron chi connectivity index (χ0n) is 10.9. The lowest BCUT2D eigenvalue weighted by Crippen LogP contribution is -2.26. The highest BCUT2D eigenvalue weighted by molar-refractivity contribution is 7.99. The van der Waals surface area contributed by atoms with E-state index in [1.165, 1.54) is 0 Å². The smallest absolute Gasteiger partial charge is 0.272 e. The molecule has 1 aliphatic rings. The molecule has 0 amide bonds. The number of nitrogens with zero attached hydrogens (tertiary/aromatic N) is 3. The van der Waals surface area contributed by atoms with E-state index in [0.29, 0.717) is 12.2 Å². The van der Waals surface area contributed by atoms with Crippen LogP contribution >= 0.6 is 11.8 Å². The minimum atomic E-state index is -0.217. The minimum Gasteiger partial charge on any atom is -0.286 e. The second-order valence-electron chi connectivity index (χ2n) is 4.61. The molecule has 0 saturated carbocycles. The Balaban J connectivity index is 2.26. The fourth-order valence-electron chi connectivity index (χ4n) is 2.28. The molecule has 0 radical (unpaired) electrons. The normalized spacial score (nSPS) is 14.2. The van der Waals surface area contributed by atoms with Gasteiger partial charge in [-0.05, 0) is 12.8 Å². The first kappa shape index (κ1) is 12.9. The molecule has 0 unspecified atom stereocenters. The van der Waals surface area contributed by atoms with E-state index in [-0.39, 0.29) is 11.1 Å². The maximum absolute atomic E-state index is 12.5. The molecular formula is C15H13N3OS. The van der Waals surface area contributed by atoms with Gasteiger partial charge < -0.3 is 0 Å². The fraction of sp³-hybridized carbons (Fsp3) is 0.267. The van der Waals surface area contributed by atoms with Crippen LogP contribution in [0, 0.1) is 11.3 Å². The summed E-state index contributed by atoms with van der Waals surface area (Å²) in [4.78, 5) is 17.1. The molecule has 2 aromatic rings. The lowest BCUT2D eigenvalue weighted by molar-refractivity contribution is 0.563. The highest BCUT2D eigenvalue weighted by Gasteiger charge is 2.19. The fourth-order valence-corrected chi connectivity index (χ4v) is 3.30. The van der Waals surface area contributed by atoms with Gasteiger partial charge in [-0.15, -0.1) is 0 Å². The summed E-state index contributed by atoms with van der Waals surface area (Å²) in [6.45, 7) is 0.651. The SMILES string of the molecule is N#Cc1c(-c2ccccc2)nc2n(c1=O)CCCCS2. The van der Waals surface area contributed by atoms with Gasteiger partial charge in [0.2, 0.25) is 0 Å². The molecule has 3 rings (SSSR count). The molecule has 100 valence electrons. The Kier molecular flexibility index (Phi) is 3.57. The van der Waals surface area contributed by atoms with E-state index in [1.54, 1.807) is 16.3 Å². The summed E-state index contributed by atoms with van der Waals surface area (Å²) in [7, 11) is 0. The Labute approximate surface area is 121 Å². The third kappa shape index (κ3) is 2.23. The van der Waals surface area contributed by atoms with E-state index in [2.05, 4.69) is 4.98 Å². The number of hydrogen-bond acceptors (Lipinski definition) is 4. The molecule has 1 aliphatic heterocycles. The van der Waals surface area contributed by atoms with Crippen LogP contribution in [0.2, 0.25) is 0 Å². The minimum absolute atomic E-state index is 0.141. The van der Waals surface area contributed by atoms with Crippen LogP contribution in [-0.4, -0.2) is 15.3 Å². The number of thioether (sulfide) groups is 1. The Bertz CT molecular complexity index is 731. The summed E-state index contributed by atoms with van der Waals surface area (Å²) in [6.07, 6.45) is 2.02. The van der Waals surface area contributed by atoms with Crippen molar-refractivity contribution >= 4 is 11.8 Å². The standard InChI is InChI=1S/C15H13N3OS/c16-10-12-13(11-6-2-1-3-7-11)17-15-18(14(12)19)8-4-5-9-20-15/h1-3,6-7H,4-5,8-9H2. The van der Waals surface area contributed by atoms with Crippen molar-refractivity contribution in [3.8, 4) is 17.3 Å². The van der Waals surface area contributed by atoms with Gasteiger partial charge >= 0.3 is 0 Å². The van der Waals surface area contributed by atoms with Crippen LogP contribution in [0.3, 0.4) is 0 Å². The van der Waals surface area contributed by atoms with Crippen molar-refractivity contribution in [1.82, 2.24) is 9.55 Å². The summed E-state index contributed by atoms with van der Waals surface area (Å²) >= 11 is 1.59. The van der Waals surface area contributed by atoms with E-state index < -0.39 is 0 Å². The van der Waals surface area contributed by atoms with Gasteiger partial charge in [0, 0.05) is 17.9 Å². The van der Waals surface area contributed by atoms with E-state index in [9.17, 15) is 10.1 Å². The number of hydrogen-bond donors (Lipinski definition) is 0. The Morgan fingerprint density at radius 1 is 1.25 bits per heavy atom. The predicted molar refractivity (Wildman–Crippen MR) is 78.6 cm³/mol. The van der Waals surface area contributed by atoms with Gasteiger partial charge in [-0.25, -0.2) is 4.98 Å². The van der Waals surface area contributed by atoms with Crippen LogP contribution in [0.25, 0.3) is 11.3 Å². The molecule has 2 heterocycles. The number of nitriles is 1. The first-order valence-corrected chi connectivity index (χ1v) is 7.53. The van der Waals surface area contributed by atoms with Gasteiger partial charge in [0.25, 0.3) is 5.56 Å². The van der Waals surface area contributed by atoms with Crippen molar-refractivity contribution in [2.24, 2.45) is 0 Å². The molecule has 0 atom stereocenters. The summed E-state index contributed by atoms with van der Waals surface area (Å²) < 4.78 is 1.64. The lowest BCUT2D eigenvalue weighted by Gasteiger charge is -2.11. The van der Waals surface area contributed by atoms with Crippen molar-refractivity contribution in [3.05, 3.63) is 46.2 Å². The molecule has 0 saturated heterocycles. The van der Waals surface area contributed by atoms with Crippen LogP contribution in [0.5, 0.6) is 0 Å². The van der Waals surface area contributed by atoms with E-state index in [0.717, 1.165) is 29.3 Å². The Morgan fingerprint density at radius 2 is 2.05 bits per heavy atom. The van der Waals surface area contributed by atoms with Gasteiger partial charge in [-0.3, -0.25) is 9.36 Å². The third-order valence-corrected chi connectivity index (χ3v) is 4.36. The maximum atomic E-state index is 12.5. The van der Waals surface area contributed by atoms with Gasteiger partial charge in [-0.1, -0.05) is 42.1 Å². The van der Waals surface area contributed by atoms with Crippen molar-refractivity contribution in [1.29, 1.82) is 5.26 Å². The van der Waals surface area contributed by atoms with Crippen LogP contribution in [-0.2, 0) is 6.54 Å². The highest BCUT2D eigenvalue weighted by Crippen LogP contribution is 2.25. The summed E-state index contributed by atoms with van der Waals surface area (Å²) in [5, 5.41) is 10.0. The molecule has 0 bridgehead atoms. The van der Waals surface area contributed by atoms with E-state index in [1.807, 2.05) is 36.4 Å². The average Bonchev–Trinajstić information content (AvgIpc) is 2.73. The van der Waals surface area contributed by atoms with E-state index in [4.69, 9.17) is 0 Å². The second-order valence-corrected chi connectivity index (χ2v) is 5.67. The van der Waals surface area contributed by atoms with Crippen molar-refractivity contribution in [2.45, 2.75) is 24.5 Å². The molecule has 1 aromatic carbocycles. The molecule has 20 heavy (non-hydrogen) atoms. The number of aromatic nitrogens is 2. The summed E-state index contributed by atoms with van der Waals surface area (Å²) in [5.74, 6) is 0.965. The molecule has 4 nitrogen and oxygen atoms in total. The monoisotopic (exact) mass is 283 g/mol. The second kappa shape index (κ2) is 5.51. The molecular weight excluding hydrogens is 270 g/mol. The molecule has 0 aliphatic carbocycles. The van der Waals surface area contributed by atoms with Crippen LogP contribution in [0.4, 0.5) is 0 Å². The number of rotatable bonds is 1. The van der Waals surface area contributed by atoms with Gasteiger partial charge in [0.1, 0.15) is 11.6 Å². The molecule has 0 spiro atoms. The van der Waals surface area contributed by atoms with Crippen molar-refractivity contribution in [2.75, 3.05) is 5.75 Å². The van der Waals surface area contributed by atoms with Crippen molar-refractivity contribution < 1.29 is 0 Å². The van der Waals surface area contributed by atoms with Gasteiger partial charge in [0.05, 0.1) is 5.69 Å². The molecule has 0 fully saturated rings. The largest absolute Gasteiger partial charge is 0.286 e. The number of fused-ring (bicyclic) bond motifs is 1. The van der Waals surface area contributed by atoms with Gasteiger partial charge in [-0.2, -0.15) is 5.26 Å². The summed E-state index contributed by atoms with van der Waals surface area (Å²) in [5.41, 5.74) is 1.24. The molecule has 5 heteroatoms. The zero-order chi connectivity index (χ0) is 13.9. The first-order chi connectivity index (χ1) is 9.81. The Morgan fingerprint density at radius 3 is 2.80 bits per heavy atom. The molecule has 1 aromatic heterocycles. The Hall–Kier alpha value is -2.06. The lowest BCUT2D eigenvalue weighted by atomic mass is 10.1. The quantitative estimate of drug-likeness (QED) is 0.755. The predicted octanol–water partition coefficient (Wildman–Crippen LogP) is 2.67. The number of benzene rings is 1.